The van der Waals surface area contributed by atoms with Gasteiger partial charge in [0.15, 0.2) is 4.34 Å². The lowest BCUT2D eigenvalue weighted by atomic mass is 10.1. The van der Waals surface area contributed by atoms with Gasteiger partial charge in [-0.15, -0.1) is 23.1 Å². The number of rotatable bonds is 9. The molecule has 1 aromatic heterocycles. The zero-order valence-corrected chi connectivity index (χ0v) is 20.6. The van der Waals surface area contributed by atoms with Gasteiger partial charge in [0.1, 0.15) is 6.61 Å². The number of thiazole rings is 1. The van der Waals surface area contributed by atoms with Gasteiger partial charge in [0.05, 0.1) is 5.69 Å². The molecule has 4 aromatic rings. The number of hydrogen-bond acceptors (Lipinski definition) is 6. The number of hydrogen-bond donors (Lipinski definition) is 1. The molecule has 0 aliphatic heterocycles. The molecule has 1 N–H and O–H groups in total. The number of para-hydroxylation sites is 1. The molecule has 0 saturated heterocycles. The quantitative estimate of drug-likeness (QED) is 0.191. The van der Waals surface area contributed by atoms with Gasteiger partial charge in [-0.1, -0.05) is 72.4 Å². The van der Waals surface area contributed by atoms with Gasteiger partial charge < -0.3 is 4.74 Å². The largest absolute Gasteiger partial charge is 0.448 e. The Bertz CT molecular complexity index is 1180. The SMILES string of the molecule is Cc1c(CSc2nc(-c3ccccc3)cs2)cccc1SCCOC(=O)Nc1ccccc1. The van der Waals surface area contributed by atoms with E-state index in [1.807, 2.05) is 48.5 Å². The molecule has 1 amide bonds. The van der Waals surface area contributed by atoms with Crippen molar-refractivity contribution in [2.24, 2.45) is 0 Å². The summed E-state index contributed by atoms with van der Waals surface area (Å²) in [5.74, 6) is 1.57. The van der Waals surface area contributed by atoms with Gasteiger partial charge in [0, 0.05) is 33.0 Å². The summed E-state index contributed by atoms with van der Waals surface area (Å²) in [5, 5.41) is 4.84. The van der Waals surface area contributed by atoms with E-state index >= 15 is 0 Å². The van der Waals surface area contributed by atoms with Crippen LogP contribution in [0, 0.1) is 6.92 Å². The average molecular weight is 493 g/mol. The van der Waals surface area contributed by atoms with Crippen molar-refractivity contribution >= 4 is 46.6 Å². The molecule has 0 aliphatic carbocycles. The van der Waals surface area contributed by atoms with Crippen LogP contribution in [0.5, 0.6) is 0 Å². The fraction of sp³-hybridized carbons (Fsp3) is 0.154. The van der Waals surface area contributed by atoms with E-state index in [9.17, 15) is 4.79 Å². The minimum atomic E-state index is -0.429. The second kappa shape index (κ2) is 11.9. The second-order valence-corrected chi connectivity index (χ2v) is 10.4. The van der Waals surface area contributed by atoms with Crippen LogP contribution in [-0.2, 0) is 10.5 Å². The molecule has 4 rings (SSSR count). The van der Waals surface area contributed by atoms with Crippen LogP contribution in [0.25, 0.3) is 11.3 Å². The number of nitrogens with zero attached hydrogens (tertiary/aromatic N) is 1. The fourth-order valence-corrected chi connectivity index (χ4v) is 5.95. The standard InChI is InChI=1S/C26H24N2O2S3/c1-19-21(17-32-26-28-23(18-33-26)20-9-4-2-5-10-20)11-8-14-24(19)31-16-15-30-25(29)27-22-12-6-3-7-13-22/h2-14,18H,15-17H2,1H3,(H,27,29). The average Bonchev–Trinajstić information content (AvgIpc) is 3.32. The van der Waals surface area contributed by atoms with Crippen LogP contribution >= 0.6 is 34.9 Å². The van der Waals surface area contributed by atoms with Crippen molar-refractivity contribution in [3.63, 3.8) is 0 Å². The Morgan fingerprint density at radius 3 is 2.52 bits per heavy atom. The predicted molar refractivity (Wildman–Crippen MR) is 140 cm³/mol. The number of nitrogens with one attached hydrogen (secondary N) is 1. The summed E-state index contributed by atoms with van der Waals surface area (Å²) in [5.41, 5.74) is 5.47. The minimum absolute atomic E-state index is 0.350. The number of anilines is 1. The number of benzene rings is 3. The van der Waals surface area contributed by atoms with E-state index in [0.29, 0.717) is 12.4 Å². The normalized spacial score (nSPS) is 10.7. The number of amides is 1. The summed E-state index contributed by atoms with van der Waals surface area (Å²) >= 11 is 5.16. The maximum Gasteiger partial charge on any atom is 0.411 e. The van der Waals surface area contributed by atoms with Crippen molar-refractivity contribution in [1.82, 2.24) is 4.98 Å². The fourth-order valence-electron chi connectivity index (χ4n) is 3.14. The summed E-state index contributed by atoms with van der Waals surface area (Å²) in [4.78, 5) is 17.9. The van der Waals surface area contributed by atoms with Crippen molar-refractivity contribution < 1.29 is 9.53 Å². The van der Waals surface area contributed by atoms with Gasteiger partial charge >= 0.3 is 6.09 Å². The molecule has 0 spiro atoms. The monoisotopic (exact) mass is 492 g/mol. The molecule has 33 heavy (non-hydrogen) atoms. The molecule has 0 atom stereocenters. The van der Waals surface area contributed by atoms with E-state index in [2.05, 4.69) is 48.0 Å². The van der Waals surface area contributed by atoms with Crippen LogP contribution in [0.3, 0.4) is 0 Å². The maximum atomic E-state index is 11.9. The Morgan fingerprint density at radius 2 is 1.73 bits per heavy atom. The van der Waals surface area contributed by atoms with Gasteiger partial charge in [-0.2, -0.15) is 0 Å². The number of aromatic nitrogens is 1. The summed E-state index contributed by atoms with van der Waals surface area (Å²) in [6, 6.07) is 25.9. The first-order chi connectivity index (χ1) is 16.2. The lowest BCUT2D eigenvalue weighted by Crippen LogP contribution is -2.15. The summed E-state index contributed by atoms with van der Waals surface area (Å²) in [6.07, 6.45) is -0.429. The Balaban J connectivity index is 1.25. The molecule has 0 aliphatic rings. The van der Waals surface area contributed by atoms with Crippen molar-refractivity contribution in [2.75, 3.05) is 17.7 Å². The first-order valence-corrected chi connectivity index (χ1v) is 13.4. The number of thioether (sulfide) groups is 2. The molecule has 4 nitrogen and oxygen atoms in total. The highest BCUT2D eigenvalue weighted by atomic mass is 32.2. The van der Waals surface area contributed by atoms with Crippen molar-refractivity contribution in [3.8, 4) is 11.3 Å². The first kappa shape index (κ1) is 23.4. The third kappa shape index (κ3) is 6.87. The highest BCUT2D eigenvalue weighted by Gasteiger charge is 2.09. The number of ether oxygens (including phenoxy) is 1. The zero-order valence-electron chi connectivity index (χ0n) is 18.2. The molecule has 3 aromatic carbocycles. The first-order valence-electron chi connectivity index (χ1n) is 10.5. The van der Waals surface area contributed by atoms with E-state index in [4.69, 9.17) is 9.72 Å². The van der Waals surface area contributed by atoms with Crippen molar-refractivity contribution in [3.05, 3.63) is 95.4 Å². The van der Waals surface area contributed by atoms with Crippen molar-refractivity contribution in [1.29, 1.82) is 0 Å². The maximum absolute atomic E-state index is 11.9. The van der Waals surface area contributed by atoms with Crippen LogP contribution in [0.1, 0.15) is 11.1 Å². The van der Waals surface area contributed by atoms with Gasteiger partial charge in [-0.05, 0) is 36.2 Å². The molecule has 0 radical (unpaired) electrons. The molecular weight excluding hydrogens is 468 g/mol. The topological polar surface area (TPSA) is 51.2 Å². The van der Waals surface area contributed by atoms with Gasteiger partial charge in [0.25, 0.3) is 0 Å². The van der Waals surface area contributed by atoms with Crippen molar-refractivity contribution in [2.45, 2.75) is 21.9 Å². The Labute approximate surface area is 206 Å². The van der Waals surface area contributed by atoms with Crippen LogP contribution in [0.15, 0.2) is 93.5 Å². The molecule has 0 bridgehead atoms. The Hall–Kier alpha value is -2.74. The number of carbonyl (C=O) groups is 1. The van der Waals surface area contributed by atoms with Crippen LogP contribution < -0.4 is 5.32 Å². The third-order valence-electron chi connectivity index (χ3n) is 4.89. The number of carbonyl (C=O) groups excluding carboxylic acids is 1. The zero-order chi connectivity index (χ0) is 22.9. The van der Waals surface area contributed by atoms with E-state index in [-0.39, 0.29) is 0 Å². The van der Waals surface area contributed by atoms with E-state index in [1.165, 1.54) is 16.0 Å². The lowest BCUT2D eigenvalue weighted by Gasteiger charge is -2.11. The minimum Gasteiger partial charge on any atom is -0.448 e. The Kier molecular flexibility index (Phi) is 8.47. The molecule has 7 heteroatoms. The van der Waals surface area contributed by atoms with Crippen LogP contribution in [0.2, 0.25) is 0 Å². The molecular formula is C26H24N2O2S3. The summed E-state index contributed by atoms with van der Waals surface area (Å²) in [7, 11) is 0. The van der Waals surface area contributed by atoms with E-state index in [0.717, 1.165) is 27.0 Å². The smallest absolute Gasteiger partial charge is 0.411 e. The molecule has 1 heterocycles. The molecule has 0 fully saturated rings. The summed E-state index contributed by atoms with van der Waals surface area (Å²) < 4.78 is 6.37. The van der Waals surface area contributed by atoms with Crippen LogP contribution in [0.4, 0.5) is 10.5 Å². The van der Waals surface area contributed by atoms with Gasteiger partial charge in [0.2, 0.25) is 0 Å². The molecule has 0 unspecified atom stereocenters. The van der Waals surface area contributed by atoms with Gasteiger partial charge in [-0.25, -0.2) is 9.78 Å². The predicted octanol–water partition coefficient (Wildman–Crippen LogP) is 7.75. The summed E-state index contributed by atoms with van der Waals surface area (Å²) in [6.45, 7) is 2.50. The second-order valence-electron chi connectivity index (χ2n) is 7.17. The Morgan fingerprint density at radius 1 is 0.970 bits per heavy atom. The molecule has 0 saturated carbocycles. The van der Waals surface area contributed by atoms with Gasteiger partial charge in [-0.3, -0.25) is 5.32 Å². The van der Waals surface area contributed by atoms with E-state index < -0.39 is 6.09 Å². The molecule has 168 valence electrons. The highest BCUT2D eigenvalue weighted by molar-refractivity contribution is 8.00. The van der Waals surface area contributed by atoms with Crippen LogP contribution in [-0.4, -0.2) is 23.4 Å². The van der Waals surface area contributed by atoms with E-state index in [1.54, 1.807) is 34.9 Å². The highest BCUT2D eigenvalue weighted by Crippen LogP contribution is 2.33. The lowest BCUT2D eigenvalue weighted by molar-refractivity contribution is 0.169. The third-order valence-corrected chi connectivity index (χ3v) is 8.09.